The molecule has 0 radical (unpaired) electrons. The van der Waals surface area contributed by atoms with Crippen molar-refractivity contribution in [2.45, 2.75) is 22.8 Å². The van der Waals surface area contributed by atoms with E-state index in [2.05, 4.69) is 5.32 Å². The fourth-order valence-electron chi connectivity index (χ4n) is 4.20. The Bertz CT molecular complexity index is 1460. The molecule has 1 atom stereocenters. The van der Waals surface area contributed by atoms with Gasteiger partial charge in [-0.25, -0.2) is 4.21 Å². The van der Waals surface area contributed by atoms with Crippen LogP contribution in [0.5, 0.6) is 0 Å². The van der Waals surface area contributed by atoms with E-state index < -0.39 is 10.8 Å². The summed E-state index contributed by atoms with van der Waals surface area (Å²) in [6.07, 6.45) is 0.706. The molecule has 4 aromatic carbocycles. The molecule has 0 saturated heterocycles. The van der Waals surface area contributed by atoms with E-state index in [0.717, 1.165) is 11.1 Å². The molecule has 0 aliphatic carbocycles. The maximum absolute atomic E-state index is 13.7. The molecule has 180 valence electrons. The zero-order valence-corrected chi connectivity index (χ0v) is 20.9. The molecular formula is C29H23ClN2O3S. The van der Waals surface area contributed by atoms with E-state index in [0.29, 0.717) is 44.6 Å². The van der Waals surface area contributed by atoms with E-state index in [-0.39, 0.29) is 18.4 Å². The van der Waals surface area contributed by atoms with Gasteiger partial charge in [0, 0.05) is 17.1 Å². The van der Waals surface area contributed by atoms with Crippen molar-refractivity contribution in [1.29, 1.82) is 0 Å². The number of rotatable bonds is 6. The molecule has 1 aliphatic heterocycles. The molecule has 5 rings (SSSR count). The second-order valence-corrected chi connectivity index (χ2v) is 10.3. The number of carbonyl (C=O) groups is 2. The summed E-state index contributed by atoms with van der Waals surface area (Å²) in [5.74, 6) is -0.519. The fourth-order valence-corrected chi connectivity index (χ4v) is 5.67. The SMILES string of the molecule is O=C(NCCc1ccccc1)c1ccc2c(c1)N(Cc1ccc(Cl)cc1)C(=O)c1ccccc1S2=O. The molecule has 7 heteroatoms. The zero-order valence-electron chi connectivity index (χ0n) is 19.3. The Morgan fingerprint density at radius 1 is 0.833 bits per heavy atom. The van der Waals surface area contributed by atoms with E-state index in [4.69, 9.17) is 11.6 Å². The number of amides is 2. The minimum absolute atomic E-state index is 0.244. The van der Waals surface area contributed by atoms with Gasteiger partial charge >= 0.3 is 0 Å². The van der Waals surface area contributed by atoms with Crippen LogP contribution in [-0.4, -0.2) is 22.6 Å². The number of nitrogens with zero attached hydrogens (tertiary/aromatic N) is 1. The van der Waals surface area contributed by atoms with Gasteiger partial charge in [0.25, 0.3) is 11.8 Å². The molecule has 0 fully saturated rings. The highest BCUT2D eigenvalue weighted by Crippen LogP contribution is 2.36. The van der Waals surface area contributed by atoms with E-state index in [9.17, 15) is 13.8 Å². The highest BCUT2D eigenvalue weighted by molar-refractivity contribution is 7.85. The summed E-state index contributed by atoms with van der Waals surface area (Å²) in [4.78, 5) is 29.2. The van der Waals surface area contributed by atoms with E-state index in [1.54, 1.807) is 59.5 Å². The lowest BCUT2D eigenvalue weighted by Crippen LogP contribution is -2.31. The van der Waals surface area contributed by atoms with Gasteiger partial charge in [0.1, 0.15) is 0 Å². The van der Waals surface area contributed by atoms with Crippen molar-refractivity contribution in [3.05, 3.63) is 124 Å². The van der Waals surface area contributed by atoms with Crippen LogP contribution in [0.25, 0.3) is 0 Å². The molecule has 2 amide bonds. The normalized spacial score (nSPS) is 14.5. The first-order chi connectivity index (χ1) is 17.5. The van der Waals surface area contributed by atoms with Crippen molar-refractivity contribution < 1.29 is 13.8 Å². The molecule has 1 aliphatic rings. The van der Waals surface area contributed by atoms with Gasteiger partial charge in [-0.05, 0) is 60.0 Å². The lowest BCUT2D eigenvalue weighted by atomic mass is 10.1. The molecule has 1 unspecified atom stereocenters. The summed E-state index contributed by atoms with van der Waals surface area (Å²) in [5.41, 5.74) is 3.24. The van der Waals surface area contributed by atoms with Gasteiger partial charge in [0.15, 0.2) is 0 Å². The monoisotopic (exact) mass is 514 g/mol. The third-order valence-corrected chi connectivity index (χ3v) is 7.82. The van der Waals surface area contributed by atoms with Gasteiger partial charge in [-0.2, -0.15) is 0 Å². The summed E-state index contributed by atoms with van der Waals surface area (Å²) in [5, 5.41) is 3.55. The molecule has 1 N–H and O–H groups in total. The molecule has 36 heavy (non-hydrogen) atoms. The lowest BCUT2D eigenvalue weighted by Gasteiger charge is -2.23. The average Bonchev–Trinajstić information content (AvgIpc) is 2.99. The lowest BCUT2D eigenvalue weighted by molar-refractivity contribution is 0.0950. The van der Waals surface area contributed by atoms with Crippen LogP contribution in [0.1, 0.15) is 31.8 Å². The van der Waals surface area contributed by atoms with Crippen molar-refractivity contribution in [3.63, 3.8) is 0 Å². The van der Waals surface area contributed by atoms with Gasteiger partial charge in [-0.15, -0.1) is 0 Å². The first kappa shape index (κ1) is 24.0. The van der Waals surface area contributed by atoms with Crippen molar-refractivity contribution in [2.75, 3.05) is 11.4 Å². The highest BCUT2D eigenvalue weighted by atomic mass is 35.5. The summed E-state index contributed by atoms with van der Waals surface area (Å²) in [6, 6.07) is 29.1. The van der Waals surface area contributed by atoms with Gasteiger partial charge < -0.3 is 10.2 Å². The summed E-state index contributed by atoms with van der Waals surface area (Å²) in [6.45, 7) is 0.721. The Balaban J connectivity index is 1.48. The zero-order chi connectivity index (χ0) is 25.1. The number of nitrogens with one attached hydrogen (secondary N) is 1. The minimum Gasteiger partial charge on any atom is -0.352 e. The van der Waals surface area contributed by atoms with Crippen molar-refractivity contribution >= 4 is 39.9 Å². The van der Waals surface area contributed by atoms with Crippen molar-refractivity contribution in [3.8, 4) is 0 Å². The number of hydrogen-bond acceptors (Lipinski definition) is 3. The Morgan fingerprint density at radius 2 is 1.56 bits per heavy atom. The second kappa shape index (κ2) is 10.5. The van der Waals surface area contributed by atoms with Gasteiger partial charge in [0.05, 0.1) is 38.4 Å². The Labute approximate surface area is 217 Å². The topological polar surface area (TPSA) is 66.5 Å². The Kier molecular flexibility index (Phi) is 6.98. The summed E-state index contributed by atoms with van der Waals surface area (Å²) < 4.78 is 13.5. The van der Waals surface area contributed by atoms with Crippen LogP contribution in [0.15, 0.2) is 107 Å². The summed E-state index contributed by atoms with van der Waals surface area (Å²) in [7, 11) is -1.58. The second-order valence-electron chi connectivity index (χ2n) is 8.46. The molecule has 4 aromatic rings. The molecule has 0 saturated carbocycles. The van der Waals surface area contributed by atoms with Gasteiger partial charge in [-0.3, -0.25) is 9.59 Å². The predicted molar refractivity (Wildman–Crippen MR) is 142 cm³/mol. The number of halogens is 1. The van der Waals surface area contributed by atoms with Crippen LogP contribution in [0.2, 0.25) is 5.02 Å². The van der Waals surface area contributed by atoms with Crippen LogP contribution in [0.4, 0.5) is 5.69 Å². The number of anilines is 1. The van der Waals surface area contributed by atoms with E-state index >= 15 is 0 Å². The van der Waals surface area contributed by atoms with Gasteiger partial charge in [0.2, 0.25) is 0 Å². The maximum Gasteiger partial charge on any atom is 0.259 e. The van der Waals surface area contributed by atoms with Crippen LogP contribution in [0, 0.1) is 0 Å². The van der Waals surface area contributed by atoms with Crippen LogP contribution < -0.4 is 10.2 Å². The van der Waals surface area contributed by atoms with Gasteiger partial charge in [-0.1, -0.05) is 66.2 Å². The number of hydrogen-bond donors (Lipinski definition) is 1. The maximum atomic E-state index is 13.7. The smallest absolute Gasteiger partial charge is 0.259 e. The summed E-state index contributed by atoms with van der Waals surface area (Å²) >= 11 is 6.05. The molecule has 1 heterocycles. The van der Waals surface area contributed by atoms with Crippen LogP contribution >= 0.6 is 11.6 Å². The number of carbonyl (C=O) groups excluding carboxylic acids is 2. The standard InChI is InChI=1S/C29H23ClN2O3S/c30-23-13-10-21(11-14-23)19-32-25-18-22(28(33)31-17-16-20-6-2-1-3-7-20)12-15-27(25)36(35)26-9-5-4-8-24(26)29(32)34/h1-15,18H,16-17,19H2,(H,31,33). The first-order valence-corrected chi connectivity index (χ1v) is 13.1. The first-order valence-electron chi connectivity index (χ1n) is 11.5. The number of benzene rings is 4. The Hall–Kier alpha value is -3.74. The third-order valence-electron chi connectivity index (χ3n) is 6.07. The van der Waals surface area contributed by atoms with Crippen molar-refractivity contribution in [1.82, 2.24) is 5.32 Å². The van der Waals surface area contributed by atoms with Crippen LogP contribution in [0.3, 0.4) is 0 Å². The third kappa shape index (κ3) is 4.96. The van der Waals surface area contributed by atoms with Crippen LogP contribution in [-0.2, 0) is 23.8 Å². The van der Waals surface area contributed by atoms with E-state index in [1.807, 2.05) is 42.5 Å². The highest BCUT2D eigenvalue weighted by Gasteiger charge is 2.31. The van der Waals surface area contributed by atoms with Crippen molar-refractivity contribution in [2.24, 2.45) is 0 Å². The molecular weight excluding hydrogens is 492 g/mol. The largest absolute Gasteiger partial charge is 0.352 e. The average molecular weight is 515 g/mol. The number of fused-ring (bicyclic) bond motifs is 2. The molecule has 0 spiro atoms. The predicted octanol–water partition coefficient (Wildman–Crippen LogP) is 5.64. The molecule has 0 aromatic heterocycles. The van der Waals surface area contributed by atoms with E-state index in [1.165, 1.54) is 0 Å². The molecule has 5 nitrogen and oxygen atoms in total. The molecule has 0 bridgehead atoms. The minimum atomic E-state index is -1.58. The quantitative estimate of drug-likeness (QED) is 0.362. The fraction of sp³-hybridized carbons (Fsp3) is 0.103. The Morgan fingerprint density at radius 3 is 2.33 bits per heavy atom.